The van der Waals surface area contributed by atoms with Gasteiger partial charge in [0.2, 0.25) is 0 Å². The van der Waals surface area contributed by atoms with Crippen molar-refractivity contribution >= 4 is 33.0 Å². The zero-order valence-electron chi connectivity index (χ0n) is 15.5. The van der Waals surface area contributed by atoms with Gasteiger partial charge in [-0.15, -0.1) is 0 Å². The number of carbonyl (C=O) groups excluding carboxylic acids is 1. The highest BCUT2D eigenvalue weighted by Gasteiger charge is 2.23. The fourth-order valence-electron chi connectivity index (χ4n) is 3.35. The molecule has 0 saturated carbocycles. The number of rotatable bonds is 4. The van der Waals surface area contributed by atoms with Crippen molar-refractivity contribution in [3.8, 4) is 0 Å². The van der Waals surface area contributed by atoms with E-state index >= 15 is 0 Å². The van der Waals surface area contributed by atoms with Crippen LogP contribution in [0.1, 0.15) is 21.5 Å². The number of piperazine rings is 1. The lowest BCUT2D eigenvalue weighted by Crippen LogP contribution is -2.49. The first-order chi connectivity index (χ1) is 12.7. The third-order valence-corrected chi connectivity index (χ3v) is 5.77. The standard InChI is InChI=1S/C20H23ClN2O3S/c1-15-6-7-18(21)13-19(15)22-8-10-23(11-9-22)20(24)17-5-3-4-16(12-17)14-27(2,25)26/h3-7,12-13H,8-11,14H2,1-2H3. The molecule has 0 atom stereocenters. The van der Waals surface area contributed by atoms with Crippen molar-refractivity contribution in [2.24, 2.45) is 0 Å². The molecule has 1 aliphatic rings. The molecule has 1 amide bonds. The minimum absolute atomic E-state index is 0.0596. The molecule has 0 unspecified atom stereocenters. The maximum Gasteiger partial charge on any atom is 0.253 e. The molecule has 2 aromatic rings. The van der Waals surface area contributed by atoms with Gasteiger partial charge in [0.1, 0.15) is 0 Å². The van der Waals surface area contributed by atoms with Crippen LogP contribution in [0.2, 0.25) is 5.02 Å². The largest absolute Gasteiger partial charge is 0.368 e. The molecule has 0 spiro atoms. The number of carbonyl (C=O) groups is 1. The first-order valence-electron chi connectivity index (χ1n) is 8.80. The van der Waals surface area contributed by atoms with Gasteiger partial charge >= 0.3 is 0 Å². The average Bonchev–Trinajstić information content (AvgIpc) is 2.62. The van der Waals surface area contributed by atoms with E-state index in [0.29, 0.717) is 29.2 Å². The molecule has 0 radical (unpaired) electrons. The van der Waals surface area contributed by atoms with Crippen LogP contribution in [-0.2, 0) is 15.6 Å². The Labute approximate surface area is 165 Å². The average molecular weight is 407 g/mol. The van der Waals surface area contributed by atoms with Crippen LogP contribution < -0.4 is 4.90 Å². The van der Waals surface area contributed by atoms with E-state index in [0.717, 1.165) is 24.3 Å². The third-order valence-electron chi connectivity index (χ3n) is 4.68. The Kier molecular flexibility index (Phi) is 5.77. The number of halogens is 1. The first kappa shape index (κ1) is 19.7. The van der Waals surface area contributed by atoms with Gasteiger partial charge < -0.3 is 9.80 Å². The lowest BCUT2D eigenvalue weighted by Gasteiger charge is -2.37. The summed E-state index contributed by atoms with van der Waals surface area (Å²) in [6.45, 7) is 4.74. The topological polar surface area (TPSA) is 57.7 Å². The van der Waals surface area contributed by atoms with Gasteiger partial charge in [-0.1, -0.05) is 29.8 Å². The molecule has 1 fully saturated rings. The number of hydrogen-bond donors (Lipinski definition) is 0. The minimum atomic E-state index is -3.13. The molecule has 1 heterocycles. The number of nitrogens with zero attached hydrogens (tertiary/aromatic N) is 2. The number of sulfone groups is 1. The van der Waals surface area contributed by atoms with E-state index in [1.165, 1.54) is 6.26 Å². The molecule has 7 heteroatoms. The summed E-state index contributed by atoms with van der Waals surface area (Å²) < 4.78 is 23.0. The highest BCUT2D eigenvalue weighted by Crippen LogP contribution is 2.25. The minimum Gasteiger partial charge on any atom is -0.368 e. The SMILES string of the molecule is Cc1ccc(Cl)cc1N1CCN(C(=O)c2cccc(CS(C)(=O)=O)c2)CC1. The monoisotopic (exact) mass is 406 g/mol. The van der Waals surface area contributed by atoms with Crippen LogP contribution in [0.4, 0.5) is 5.69 Å². The van der Waals surface area contributed by atoms with Crippen molar-refractivity contribution in [1.82, 2.24) is 4.90 Å². The molecule has 144 valence electrons. The van der Waals surface area contributed by atoms with Crippen molar-refractivity contribution in [1.29, 1.82) is 0 Å². The Morgan fingerprint density at radius 3 is 2.44 bits per heavy atom. The van der Waals surface area contributed by atoms with Crippen LogP contribution in [0.15, 0.2) is 42.5 Å². The van der Waals surface area contributed by atoms with E-state index in [9.17, 15) is 13.2 Å². The van der Waals surface area contributed by atoms with Crippen molar-refractivity contribution in [3.63, 3.8) is 0 Å². The second-order valence-electron chi connectivity index (χ2n) is 6.98. The van der Waals surface area contributed by atoms with Crippen LogP contribution in [-0.4, -0.2) is 51.7 Å². The van der Waals surface area contributed by atoms with Crippen molar-refractivity contribution < 1.29 is 13.2 Å². The number of anilines is 1. The van der Waals surface area contributed by atoms with Gasteiger partial charge in [0.15, 0.2) is 9.84 Å². The summed E-state index contributed by atoms with van der Waals surface area (Å²) in [6.07, 6.45) is 1.19. The fourth-order valence-corrected chi connectivity index (χ4v) is 4.30. The van der Waals surface area contributed by atoms with Crippen molar-refractivity contribution in [3.05, 3.63) is 64.2 Å². The zero-order valence-corrected chi connectivity index (χ0v) is 17.1. The Morgan fingerprint density at radius 1 is 1.07 bits per heavy atom. The number of amides is 1. The van der Waals surface area contributed by atoms with Crippen LogP contribution >= 0.6 is 11.6 Å². The van der Waals surface area contributed by atoms with Crippen LogP contribution in [0.3, 0.4) is 0 Å². The highest BCUT2D eigenvalue weighted by molar-refractivity contribution is 7.89. The maximum atomic E-state index is 12.8. The molecule has 0 aliphatic carbocycles. The van der Waals surface area contributed by atoms with E-state index in [1.54, 1.807) is 24.3 Å². The molecule has 5 nitrogen and oxygen atoms in total. The summed E-state index contributed by atoms with van der Waals surface area (Å²) in [5.74, 6) is -0.122. The van der Waals surface area contributed by atoms with Crippen molar-refractivity contribution in [2.75, 3.05) is 37.3 Å². The lowest BCUT2D eigenvalue weighted by molar-refractivity contribution is 0.0746. The number of benzene rings is 2. The summed E-state index contributed by atoms with van der Waals surface area (Å²) >= 11 is 6.12. The Balaban J connectivity index is 1.68. The van der Waals surface area contributed by atoms with Crippen LogP contribution in [0.5, 0.6) is 0 Å². The Bertz CT molecular complexity index is 951. The second kappa shape index (κ2) is 7.90. The molecule has 2 aromatic carbocycles. The molecular weight excluding hydrogens is 384 g/mol. The molecule has 3 rings (SSSR count). The van der Waals surface area contributed by atoms with Crippen LogP contribution in [0.25, 0.3) is 0 Å². The Hall–Kier alpha value is -2.05. The summed E-state index contributed by atoms with van der Waals surface area (Å²) in [6, 6.07) is 12.7. The third kappa shape index (κ3) is 5.02. The van der Waals surface area contributed by atoms with E-state index < -0.39 is 9.84 Å². The van der Waals surface area contributed by atoms with Crippen LogP contribution in [0, 0.1) is 6.92 Å². The smallest absolute Gasteiger partial charge is 0.253 e. The summed E-state index contributed by atoms with van der Waals surface area (Å²) in [4.78, 5) is 16.9. The quantitative estimate of drug-likeness (QED) is 0.782. The summed E-state index contributed by atoms with van der Waals surface area (Å²) in [5.41, 5.74) is 3.43. The molecule has 0 N–H and O–H groups in total. The lowest BCUT2D eigenvalue weighted by atomic mass is 10.1. The van der Waals surface area contributed by atoms with Gasteiger partial charge in [-0.05, 0) is 42.3 Å². The van der Waals surface area contributed by atoms with Gasteiger partial charge in [0.05, 0.1) is 5.75 Å². The predicted molar refractivity (Wildman–Crippen MR) is 109 cm³/mol. The molecule has 27 heavy (non-hydrogen) atoms. The van der Waals surface area contributed by atoms with E-state index in [1.807, 2.05) is 23.1 Å². The highest BCUT2D eigenvalue weighted by atomic mass is 35.5. The Morgan fingerprint density at radius 2 is 1.78 bits per heavy atom. The fraction of sp³-hybridized carbons (Fsp3) is 0.350. The first-order valence-corrected chi connectivity index (χ1v) is 11.2. The van der Waals surface area contributed by atoms with Gasteiger partial charge in [-0.3, -0.25) is 4.79 Å². The van der Waals surface area contributed by atoms with E-state index in [4.69, 9.17) is 11.6 Å². The van der Waals surface area contributed by atoms with E-state index in [2.05, 4.69) is 11.8 Å². The van der Waals surface area contributed by atoms with Crippen molar-refractivity contribution in [2.45, 2.75) is 12.7 Å². The normalized spacial score (nSPS) is 15.1. The van der Waals surface area contributed by atoms with Gasteiger partial charge in [0, 0.05) is 48.7 Å². The molecule has 0 aromatic heterocycles. The van der Waals surface area contributed by atoms with Gasteiger partial charge in [0.25, 0.3) is 5.91 Å². The maximum absolute atomic E-state index is 12.8. The molecule has 1 aliphatic heterocycles. The molecule has 0 bridgehead atoms. The molecule has 1 saturated heterocycles. The second-order valence-corrected chi connectivity index (χ2v) is 9.56. The van der Waals surface area contributed by atoms with E-state index in [-0.39, 0.29) is 11.7 Å². The number of hydrogen-bond acceptors (Lipinski definition) is 4. The number of aryl methyl sites for hydroxylation is 1. The summed E-state index contributed by atoms with van der Waals surface area (Å²) in [7, 11) is -3.13. The zero-order chi connectivity index (χ0) is 19.6. The van der Waals surface area contributed by atoms with Gasteiger partial charge in [-0.25, -0.2) is 8.42 Å². The predicted octanol–water partition coefficient (Wildman–Crippen LogP) is 3.16. The molecular formula is C20H23ClN2O3S. The summed E-state index contributed by atoms with van der Waals surface area (Å²) in [5, 5.41) is 0.705. The van der Waals surface area contributed by atoms with Gasteiger partial charge in [-0.2, -0.15) is 0 Å².